The highest BCUT2D eigenvalue weighted by Crippen LogP contribution is 2.44. The van der Waals surface area contributed by atoms with Gasteiger partial charge in [0.15, 0.2) is 0 Å². The topological polar surface area (TPSA) is 63.2 Å². The van der Waals surface area contributed by atoms with Crippen molar-refractivity contribution in [2.24, 2.45) is 17.8 Å². The minimum absolute atomic E-state index is 0.0882. The molecule has 1 amide bonds. The quantitative estimate of drug-likeness (QED) is 0.723. The molecule has 76 valence electrons. The average Bonchev–Trinajstić information content (AvgIpc) is 2.58. The molecule has 2 atom stereocenters. The number of rotatable bonds is 3. The zero-order valence-electron chi connectivity index (χ0n) is 8.07. The van der Waals surface area contributed by atoms with Gasteiger partial charge in [-0.15, -0.1) is 0 Å². The average molecular weight is 205 g/mol. The predicted octanol–water partition coefficient (Wildman–Crippen LogP) is 0.354. The molecule has 0 aromatic heterocycles. The van der Waals surface area contributed by atoms with E-state index in [1.54, 1.807) is 0 Å². The van der Waals surface area contributed by atoms with Crippen LogP contribution in [0.25, 0.3) is 0 Å². The van der Waals surface area contributed by atoms with Crippen LogP contribution in [0, 0.1) is 17.8 Å². The standard InChI is InChI=1S/C8H15NO3S/c1-5(2)6-4-7(6)8(10)9-13(3,11)12/h5-7H,4H2,1-3H3,(H,9,10). The van der Waals surface area contributed by atoms with Crippen LogP contribution in [0.4, 0.5) is 0 Å². The molecule has 1 fully saturated rings. The van der Waals surface area contributed by atoms with Crippen molar-refractivity contribution in [3.63, 3.8) is 0 Å². The highest BCUT2D eigenvalue weighted by atomic mass is 32.2. The molecule has 1 N–H and O–H groups in total. The minimum Gasteiger partial charge on any atom is -0.274 e. The monoisotopic (exact) mass is 205 g/mol. The SMILES string of the molecule is CC(C)C1CC1C(=O)NS(C)(=O)=O. The summed E-state index contributed by atoms with van der Waals surface area (Å²) in [6.07, 6.45) is 1.82. The van der Waals surface area contributed by atoms with Gasteiger partial charge in [0, 0.05) is 5.92 Å². The van der Waals surface area contributed by atoms with E-state index in [4.69, 9.17) is 0 Å². The molecule has 1 saturated carbocycles. The van der Waals surface area contributed by atoms with Crippen molar-refractivity contribution in [3.05, 3.63) is 0 Å². The molecule has 13 heavy (non-hydrogen) atoms. The summed E-state index contributed by atoms with van der Waals surface area (Å²) in [5.41, 5.74) is 0. The molecule has 0 saturated heterocycles. The Morgan fingerprint density at radius 2 is 2.00 bits per heavy atom. The van der Waals surface area contributed by atoms with Crippen molar-refractivity contribution in [2.45, 2.75) is 20.3 Å². The Morgan fingerprint density at radius 3 is 2.31 bits per heavy atom. The molecular weight excluding hydrogens is 190 g/mol. The first kappa shape index (κ1) is 10.5. The van der Waals surface area contributed by atoms with Gasteiger partial charge in [-0.25, -0.2) is 8.42 Å². The molecule has 1 aliphatic rings. The second kappa shape index (κ2) is 3.29. The van der Waals surface area contributed by atoms with E-state index in [2.05, 4.69) is 0 Å². The Morgan fingerprint density at radius 1 is 1.46 bits per heavy atom. The van der Waals surface area contributed by atoms with Crippen LogP contribution in [0.2, 0.25) is 0 Å². The fourth-order valence-electron chi connectivity index (χ4n) is 1.51. The molecule has 5 heteroatoms. The van der Waals surface area contributed by atoms with Crippen LogP contribution in [0.5, 0.6) is 0 Å². The third-order valence-corrected chi connectivity index (χ3v) is 2.89. The third-order valence-electron chi connectivity index (χ3n) is 2.32. The van der Waals surface area contributed by atoms with E-state index in [0.717, 1.165) is 12.7 Å². The van der Waals surface area contributed by atoms with Crippen molar-refractivity contribution in [1.82, 2.24) is 4.72 Å². The summed E-state index contributed by atoms with van der Waals surface area (Å²) in [5.74, 6) is 0.382. The second-order valence-corrected chi connectivity index (χ2v) is 5.74. The van der Waals surface area contributed by atoms with Gasteiger partial charge in [0.2, 0.25) is 15.9 Å². The molecule has 2 unspecified atom stereocenters. The fourth-order valence-corrected chi connectivity index (χ4v) is 2.03. The number of sulfonamides is 1. The number of nitrogens with one attached hydrogen (secondary N) is 1. The first-order valence-electron chi connectivity index (χ1n) is 4.33. The fraction of sp³-hybridized carbons (Fsp3) is 0.875. The Kier molecular flexibility index (Phi) is 2.66. The maximum absolute atomic E-state index is 11.2. The summed E-state index contributed by atoms with van der Waals surface area (Å²) >= 11 is 0. The number of hydrogen-bond acceptors (Lipinski definition) is 3. The van der Waals surface area contributed by atoms with Crippen molar-refractivity contribution < 1.29 is 13.2 Å². The Balaban J connectivity index is 2.45. The zero-order chi connectivity index (χ0) is 10.2. The Bertz CT molecular complexity index is 307. The van der Waals surface area contributed by atoms with Gasteiger partial charge in [-0.2, -0.15) is 0 Å². The van der Waals surface area contributed by atoms with E-state index in [-0.39, 0.29) is 11.8 Å². The summed E-state index contributed by atoms with van der Waals surface area (Å²) in [5, 5.41) is 0. The van der Waals surface area contributed by atoms with Crippen LogP contribution in [0.1, 0.15) is 20.3 Å². The van der Waals surface area contributed by atoms with Crippen molar-refractivity contribution >= 4 is 15.9 Å². The van der Waals surface area contributed by atoms with Gasteiger partial charge in [0.25, 0.3) is 0 Å². The maximum Gasteiger partial charge on any atom is 0.236 e. The van der Waals surface area contributed by atoms with Gasteiger partial charge in [-0.1, -0.05) is 13.8 Å². The van der Waals surface area contributed by atoms with Gasteiger partial charge >= 0.3 is 0 Å². The van der Waals surface area contributed by atoms with E-state index in [0.29, 0.717) is 11.8 Å². The molecular formula is C8H15NO3S. The van der Waals surface area contributed by atoms with Crippen LogP contribution >= 0.6 is 0 Å². The molecule has 4 nitrogen and oxygen atoms in total. The van der Waals surface area contributed by atoms with Crippen molar-refractivity contribution in [2.75, 3.05) is 6.26 Å². The summed E-state index contributed by atoms with van der Waals surface area (Å²) in [7, 11) is -3.38. The highest BCUT2D eigenvalue weighted by Gasteiger charge is 2.45. The van der Waals surface area contributed by atoms with Gasteiger partial charge < -0.3 is 0 Å². The lowest BCUT2D eigenvalue weighted by Crippen LogP contribution is -2.31. The molecule has 0 aromatic carbocycles. The number of carbonyl (C=O) groups is 1. The number of amides is 1. The second-order valence-electron chi connectivity index (χ2n) is 3.99. The Labute approximate surface area is 78.8 Å². The van der Waals surface area contributed by atoms with Gasteiger partial charge in [-0.3, -0.25) is 9.52 Å². The van der Waals surface area contributed by atoms with E-state index in [1.165, 1.54) is 0 Å². The summed E-state index contributed by atoms with van der Waals surface area (Å²) in [6, 6.07) is 0. The molecule has 0 radical (unpaired) electrons. The van der Waals surface area contributed by atoms with Crippen LogP contribution in [-0.2, 0) is 14.8 Å². The minimum atomic E-state index is -3.38. The van der Waals surface area contributed by atoms with Gasteiger partial charge in [0.05, 0.1) is 6.26 Å². The first-order valence-corrected chi connectivity index (χ1v) is 6.22. The molecule has 1 rings (SSSR count). The maximum atomic E-state index is 11.2. The van der Waals surface area contributed by atoms with E-state index in [9.17, 15) is 13.2 Å². The van der Waals surface area contributed by atoms with Crippen LogP contribution in [0.15, 0.2) is 0 Å². The first-order chi connectivity index (χ1) is 5.81. The largest absolute Gasteiger partial charge is 0.274 e. The molecule has 0 bridgehead atoms. The van der Waals surface area contributed by atoms with Crippen LogP contribution in [-0.4, -0.2) is 20.6 Å². The summed E-state index contributed by atoms with van der Waals surface area (Å²) in [6.45, 7) is 4.08. The van der Waals surface area contributed by atoms with E-state index >= 15 is 0 Å². The lowest BCUT2D eigenvalue weighted by atomic mass is 10.1. The summed E-state index contributed by atoms with van der Waals surface area (Å²) in [4.78, 5) is 11.2. The lowest BCUT2D eigenvalue weighted by molar-refractivity contribution is -0.120. The third kappa shape index (κ3) is 2.99. The van der Waals surface area contributed by atoms with Crippen molar-refractivity contribution in [1.29, 1.82) is 0 Å². The lowest BCUT2D eigenvalue weighted by Gasteiger charge is -2.03. The highest BCUT2D eigenvalue weighted by molar-refractivity contribution is 7.89. The van der Waals surface area contributed by atoms with E-state index in [1.807, 2.05) is 18.6 Å². The predicted molar refractivity (Wildman–Crippen MR) is 49.4 cm³/mol. The molecule has 1 aliphatic carbocycles. The van der Waals surface area contributed by atoms with Crippen LogP contribution in [0.3, 0.4) is 0 Å². The normalized spacial score (nSPS) is 27.4. The molecule has 0 heterocycles. The smallest absolute Gasteiger partial charge is 0.236 e. The molecule has 0 aromatic rings. The van der Waals surface area contributed by atoms with Gasteiger partial charge in [0.1, 0.15) is 0 Å². The number of hydrogen-bond donors (Lipinski definition) is 1. The van der Waals surface area contributed by atoms with E-state index < -0.39 is 10.0 Å². The van der Waals surface area contributed by atoms with Crippen molar-refractivity contribution in [3.8, 4) is 0 Å². The molecule has 0 spiro atoms. The Hall–Kier alpha value is -0.580. The zero-order valence-corrected chi connectivity index (χ0v) is 8.89. The number of carbonyl (C=O) groups excluding carboxylic acids is 1. The van der Waals surface area contributed by atoms with Gasteiger partial charge in [-0.05, 0) is 18.3 Å². The summed E-state index contributed by atoms with van der Waals surface area (Å²) < 4.78 is 23.4. The van der Waals surface area contributed by atoms with Crippen LogP contribution < -0.4 is 4.72 Å². The molecule has 0 aliphatic heterocycles.